The molecule has 3 N–H and O–H groups in total. The van der Waals surface area contributed by atoms with Crippen molar-refractivity contribution >= 4 is 23.0 Å². The van der Waals surface area contributed by atoms with Crippen molar-refractivity contribution in [1.82, 2.24) is 25.7 Å². The highest BCUT2D eigenvalue weighted by molar-refractivity contribution is 6.06. The van der Waals surface area contributed by atoms with Crippen molar-refractivity contribution in [3.63, 3.8) is 0 Å². The standard InChI is InChI=1S/C17H23N5O2.C2HF3O2/c1-10-15-13(7-14(11-3-4-11)20-17(15)24-21-10)16(23)19-8-12-9-22(2)6-5-18-12;3-2(4,5)1(6)7/h7,11-12,18H,3-6,8-9H2,1-2H3,(H,19,23);(H,6,7). The van der Waals surface area contributed by atoms with Crippen molar-refractivity contribution in [2.24, 2.45) is 0 Å². The van der Waals surface area contributed by atoms with E-state index in [0.29, 0.717) is 29.4 Å². The van der Waals surface area contributed by atoms with Crippen LogP contribution in [-0.2, 0) is 4.79 Å². The summed E-state index contributed by atoms with van der Waals surface area (Å²) in [6.45, 7) is 5.38. The number of nitrogens with one attached hydrogen (secondary N) is 2. The average molecular weight is 443 g/mol. The van der Waals surface area contributed by atoms with Gasteiger partial charge in [0, 0.05) is 43.8 Å². The Labute approximate surface area is 176 Å². The third kappa shape index (κ3) is 5.91. The quantitative estimate of drug-likeness (QED) is 0.653. The van der Waals surface area contributed by atoms with Crippen LogP contribution in [0.5, 0.6) is 0 Å². The molecule has 12 heteroatoms. The Morgan fingerprint density at radius 1 is 1.39 bits per heavy atom. The van der Waals surface area contributed by atoms with Gasteiger partial charge in [-0.25, -0.2) is 9.78 Å². The highest BCUT2D eigenvalue weighted by atomic mass is 19.4. The number of aliphatic carboxylic acids is 1. The first-order chi connectivity index (χ1) is 14.6. The molecule has 1 saturated heterocycles. The van der Waals surface area contributed by atoms with Crippen LogP contribution in [0.1, 0.15) is 40.5 Å². The van der Waals surface area contributed by atoms with Crippen molar-refractivity contribution < 1.29 is 32.4 Å². The number of rotatable bonds is 4. The fourth-order valence-electron chi connectivity index (χ4n) is 3.32. The van der Waals surface area contributed by atoms with Crippen molar-refractivity contribution in [2.75, 3.05) is 33.2 Å². The number of aromatic nitrogens is 2. The summed E-state index contributed by atoms with van der Waals surface area (Å²) < 4.78 is 37.0. The van der Waals surface area contributed by atoms with Gasteiger partial charge in [0.2, 0.25) is 0 Å². The normalized spacial score (nSPS) is 19.6. The lowest BCUT2D eigenvalue weighted by Gasteiger charge is -2.30. The molecule has 1 unspecified atom stereocenters. The molecule has 1 atom stereocenters. The molecule has 1 aliphatic carbocycles. The van der Waals surface area contributed by atoms with Gasteiger partial charge >= 0.3 is 12.1 Å². The first-order valence-corrected chi connectivity index (χ1v) is 9.83. The van der Waals surface area contributed by atoms with Gasteiger partial charge in [-0.1, -0.05) is 5.16 Å². The zero-order valence-electron chi connectivity index (χ0n) is 17.1. The van der Waals surface area contributed by atoms with Crippen LogP contribution in [0.4, 0.5) is 13.2 Å². The molecule has 0 bridgehead atoms. The van der Waals surface area contributed by atoms with Crippen LogP contribution >= 0.6 is 0 Å². The molecule has 1 amide bonds. The number of carboxylic acid groups (broad SMARTS) is 1. The Morgan fingerprint density at radius 2 is 2.06 bits per heavy atom. The molecule has 9 nitrogen and oxygen atoms in total. The molecule has 170 valence electrons. The molecule has 0 aromatic carbocycles. The largest absolute Gasteiger partial charge is 0.490 e. The number of fused-ring (bicyclic) bond motifs is 1. The Hall–Kier alpha value is -2.73. The van der Waals surface area contributed by atoms with E-state index in [1.807, 2.05) is 13.0 Å². The van der Waals surface area contributed by atoms with Crippen LogP contribution in [0.2, 0.25) is 0 Å². The fourth-order valence-corrected chi connectivity index (χ4v) is 3.32. The molecule has 0 spiro atoms. The topological polar surface area (TPSA) is 121 Å². The molecule has 2 aromatic heterocycles. The van der Waals surface area contributed by atoms with E-state index in [2.05, 4.69) is 32.7 Å². The first-order valence-electron chi connectivity index (χ1n) is 9.83. The zero-order valence-corrected chi connectivity index (χ0v) is 17.1. The SMILES string of the molecule is Cc1noc2nc(C3CC3)cc(C(=O)NCC3CN(C)CCN3)c12.O=C(O)C(F)(F)F. The number of likely N-dealkylation sites (N-methyl/N-ethyl adjacent to an activating group) is 1. The number of nitrogens with zero attached hydrogens (tertiary/aromatic N) is 3. The Kier molecular flexibility index (Phi) is 6.80. The predicted octanol–water partition coefficient (Wildman–Crippen LogP) is 1.68. The van der Waals surface area contributed by atoms with Crippen LogP contribution in [0.25, 0.3) is 11.1 Å². The number of halogens is 3. The van der Waals surface area contributed by atoms with E-state index in [0.717, 1.165) is 43.6 Å². The van der Waals surface area contributed by atoms with Crippen LogP contribution in [0.3, 0.4) is 0 Å². The number of hydrogen-bond donors (Lipinski definition) is 3. The van der Waals surface area contributed by atoms with E-state index in [9.17, 15) is 18.0 Å². The van der Waals surface area contributed by atoms with Crippen LogP contribution in [0.15, 0.2) is 10.6 Å². The van der Waals surface area contributed by atoms with Crippen molar-refractivity contribution in [2.45, 2.75) is 37.9 Å². The third-order valence-electron chi connectivity index (χ3n) is 5.09. The number of pyridine rings is 1. The summed E-state index contributed by atoms with van der Waals surface area (Å²) in [7, 11) is 2.10. The molecular formula is C19H24F3N5O4. The second-order valence-electron chi connectivity index (χ2n) is 7.74. The van der Waals surface area contributed by atoms with Crippen LogP contribution in [0, 0.1) is 6.92 Å². The van der Waals surface area contributed by atoms with Gasteiger partial charge < -0.3 is 25.2 Å². The minimum absolute atomic E-state index is 0.0781. The molecule has 4 rings (SSSR count). The molecule has 2 fully saturated rings. The van der Waals surface area contributed by atoms with Gasteiger partial charge in [0.15, 0.2) is 0 Å². The van der Waals surface area contributed by atoms with E-state index < -0.39 is 12.1 Å². The number of carboxylic acids is 1. The molecule has 2 aromatic rings. The summed E-state index contributed by atoms with van der Waals surface area (Å²) in [6.07, 6.45) is -2.82. The first kappa shape index (κ1) is 22.9. The maximum atomic E-state index is 12.8. The lowest BCUT2D eigenvalue weighted by atomic mass is 10.1. The number of alkyl halides is 3. The van der Waals surface area contributed by atoms with Gasteiger partial charge in [0.25, 0.3) is 11.6 Å². The molecule has 2 aliphatic rings. The number of amides is 1. The smallest absolute Gasteiger partial charge is 0.475 e. The van der Waals surface area contributed by atoms with E-state index in [1.54, 1.807) is 0 Å². The number of hydrogen-bond acceptors (Lipinski definition) is 7. The fraction of sp³-hybridized carbons (Fsp3) is 0.579. The van der Waals surface area contributed by atoms with Gasteiger partial charge in [-0.2, -0.15) is 13.2 Å². The highest BCUT2D eigenvalue weighted by Crippen LogP contribution is 2.40. The summed E-state index contributed by atoms with van der Waals surface area (Å²) >= 11 is 0. The lowest BCUT2D eigenvalue weighted by molar-refractivity contribution is -0.192. The van der Waals surface area contributed by atoms with E-state index in [4.69, 9.17) is 14.4 Å². The van der Waals surface area contributed by atoms with Gasteiger partial charge in [-0.15, -0.1) is 0 Å². The van der Waals surface area contributed by atoms with Crippen molar-refractivity contribution in [3.8, 4) is 0 Å². The monoisotopic (exact) mass is 443 g/mol. The summed E-state index contributed by atoms with van der Waals surface area (Å²) in [5, 5.41) is 18.3. The van der Waals surface area contributed by atoms with E-state index >= 15 is 0 Å². The average Bonchev–Trinajstić information content (AvgIpc) is 3.49. The molecule has 31 heavy (non-hydrogen) atoms. The van der Waals surface area contributed by atoms with Crippen molar-refractivity contribution in [3.05, 3.63) is 23.0 Å². The highest BCUT2D eigenvalue weighted by Gasteiger charge is 2.38. The minimum Gasteiger partial charge on any atom is -0.475 e. The van der Waals surface area contributed by atoms with Crippen LogP contribution in [-0.4, -0.2) is 77.5 Å². The van der Waals surface area contributed by atoms with E-state index in [1.165, 1.54) is 0 Å². The van der Waals surface area contributed by atoms with Gasteiger partial charge in [-0.3, -0.25) is 4.79 Å². The van der Waals surface area contributed by atoms with Crippen LogP contribution < -0.4 is 10.6 Å². The second-order valence-corrected chi connectivity index (χ2v) is 7.74. The number of carbonyl (C=O) groups is 2. The van der Waals surface area contributed by atoms with Gasteiger partial charge in [0.05, 0.1) is 16.6 Å². The Bertz CT molecular complexity index is 958. The maximum absolute atomic E-state index is 12.8. The maximum Gasteiger partial charge on any atom is 0.490 e. The predicted molar refractivity (Wildman–Crippen MR) is 104 cm³/mol. The van der Waals surface area contributed by atoms with E-state index in [-0.39, 0.29) is 11.9 Å². The summed E-state index contributed by atoms with van der Waals surface area (Å²) in [4.78, 5) is 28.5. The Morgan fingerprint density at radius 3 is 2.65 bits per heavy atom. The second kappa shape index (κ2) is 9.18. The molecule has 0 radical (unpaired) electrons. The Balaban J connectivity index is 0.000000339. The summed E-state index contributed by atoms with van der Waals surface area (Å²) in [6, 6.07) is 2.19. The third-order valence-corrected chi connectivity index (χ3v) is 5.09. The number of piperazine rings is 1. The number of aryl methyl sites for hydroxylation is 1. The minimum atomic E-state index is -5.08. The molecule has 1 aliphatic heterocycles. The summed E-state index contributed by atoms with van der Waals surface area (Å²) in [5.41, 5.74) is 2.75. The molecular weight excluding hydrogens is 419 g/mol. The van der Waals surface area contributed by atoms with Crippen molar-refractivity contribution in [1.29, 1.82) is 0 Å². The number of carbonyl (C=O) groups excluding carboxylic acids is 1. The lowest BCUT2D eigenvalue weighted by Crippen LogP contribution is -2.53. The molecule has 1 saturated carbocycles. The summed E-state index contributed by atoms with van der Waals surface area (Å²) in [5.74, 6) is -2.38. The van der Waals surface area contributed by atoms with Gasteiger partial charge in [0.1, 0.15) is 0 Å². The molecule has 3 heterocycles. The van der Waals surface area contributed by atoms with Gasteiger partial charge in [-0.05, 0) is 32.9 Å². The zero-order chi connectivity index (χ0) is 22.8.